The number of hydrogen-bond acceptors (Lipinski definition) is 5. The van der Waals surface area contributed by atoms with Crippen LogP contribution < -0.4 is 4.74 Å². The standard InChI is InChI=1S/C27H30N2O5/c1-18(14-15-32-5)16-23-22-8-6-7-9-24(22)34-27(23)26(28-19(2)30)20-10-12-21(13-11-20)33-17-25(31)29(3)4/h6-13,16H,14-15,17H2,1-5H3. The molecule has 2 aromatic carbocycles. The molecule has 0 bridgehead atoms. The Morgan fingerprint density at radius 2 is 1.76 bits per heavy atom. The highest BCUT2D eigenvalue weighted by Crippen LogP contribution is 2.31. The van der Waals surface area contributed by atoms with Gasteiger partial charge < -0.3 is 18.8 Å². The number of amides is 2. The lowest BCUT2D eigenvalue weighted by Gasteiger charge is -2.12. The quantitative estimate of drug-likeness (QED) is 0.430. The van der Waals surface area contributed by atoms with Gasteiger partial charge in [-0.25, -0.2) is 4.99 Å². The highest BCUT2D eigenvalue weighted by atomic mass is 16.5. The molecule has 0 spiro atoms. The zero-order valence-corrected chi connectivity index (χ0v) is 20.3. The van der Waals surface area contributed by atoms with Gasteiger partial charge in [-0.3, -0.25) is 9.59 Å². The Hall–Kier alpha value is -3.71. The van der Waals surface area contributed by atoms with E-state index in [-0.39, 0.29) is 18.4 Å². The molecule has 0 saturated heterocycles. The van der Waals surface area contributed by atoms with Crippen LogP contribution in [0, 0.1) is 0 Å². The Balaban J connectivity index is 2.04. The summed E-state index contributed by atoms with van der Waals surface area (Å²) >= 11 is 0. The van der Waals surface area contributed by atoms with Crippen LogP contribution in [0.5, 0.6) is 5.75 Å². The third-order valence-electron chi connectivity index (χ3n) is 5.20. The van der Waals surface area contributed by atoms with Gasteiger partial charge in [0, 0.05) is 51.2 Å². The summed E-state index contributed by atoms with van der Waals surface area (Å²) in [6.07, 6.45) is 2.83. The van der Waals surface area contributed by atoms with E-state index < -0.39 is 0 Å². The molecule has 0 aliphatic carbocycles. The largest absolute Gasteiger partial charge is 0.484 e. The van der Waals surface area contributed by atoms with E-state index in [1.54, 1.807) is 45.5 Å². The van der Waals surface area contributed by atoms with Crippen molar-refractivity contribution in [2.24, 2.45) is 4.99 Å². The van der Waals surface area contributed by atoms with Gasteiger partial charge in [0.2, 0.25) is 5.91 Å². The van der Waals surface area contributed by atoms with Gasteiger partial charge in [0.1, 0.15) is 17.0 Å². The molecule has 3 rings (SSSR count). The van der Waals surface area contributed by atoms with E-state index in [4.69, 9.17) is 13.9 Å². The Morgan fingerprint density at radius 1 is 1.06 bits per heavy atom. The minimum Gasteiger partial charge on any atom is -0.484 e. The lowest BCUT2D eigenvalue weighted by molar-refractivity contribution is -0.130. The van der Waals surface area contributed by atoms with Crippen LogP contribution in [0.25, 0.3) is 17.0 Å². The molecule has 0 aliphatic rings. The van der Waals surface area contributed by atoms with Gasteiger partial charge in [-0.2, -0.15) is 0 Å². The van der Waals surface area contributed by atoms with Crippen molar-refractivity contribution < 1.29 is 23.5 Å². The van der Waals surface area contributed by atoms with E-state index in [1.807, 2.05) is 31.2 Å². The number of hydrogen-bond donors (Lipinski definition) is 0. The lowest BCUT2D eigenvalue weighted by Crippen LogP contribution is -2.27. The summed E-state index contributed by atoms with van der Waals surface area (Å²) in [5.41, 5.74) is 3.82. The van der Waals surface area contributed by atoms with Gasteiger partial charge in [-0.1, -0.05) is 29.8 Å². The van der Waals surface area contributed by atoms with Crippen LogP contribution >= 0.6 is 0 Å². The summed E-state index contributed by atoms with van der Waals surface area (Å²) in [6.45, 7) is 4.00. The first-order chi connectivity index (χ1) is 16.3. The van der Waals surface area contributed by atoms with Crippen molar-refractivity contribution in [1.82, 2.24) is 4.90 Å². The van der Waals surface area contributed by atoms with Crippen molar-refractivity contribution in [1.29, 1.82) is 0 Å². The maximum absolute atomic E-state index is 12.1. The molecule has 3 aromatic rings. The second-order valence-electron chi connectivity index (χ2n) is 8.16. The van der Waals surface area contributed by atoms with Crippen LogP contribution in [-0.2, 0) is 14.3 Å². The molecule has 0 fully saturated rings. The lowest BCUT2D eigenvalue weighted by atomic mass is 10.0. The minimum atomic E-state index is -0.335. The second-order valence-corrected chi connectivity index (χ2v) is 8.16. The number of furan rings is 1. The molecule has 7 nitrogen and oxygen atoms in total. The first-order valence-corrected chi connectivity index (χ1v) is 11.0. The summed E-state index contributed by atoms with van der Waals surface area (Å²) in [6, 6.07) is 14.8. The van der Waals surface area contributed by atoms with Crippen LogP contribution in [0.3, 0.4) is 0 Å². The molecule has 0 unspecified atom stereocenters. The third kappa shape index (κ3) is 6.20. The second kappa shape index (κ2) is 11.4. The number of para-hydroxylation sites is 1. The Labute approximate surface area is 199 Å². The molecular formula is C27H30N2O5. The Kier molecular flexibility index (Phi) is 8.38. The number of aliphatic imine (C=N–C) groups is 1. The maximum atomic E-state index is 12.1. The number of likely N-dealkylation sites (N-methyl/N-ethyl adjacent to an activating group) is 1. The minimum absolute atomic E-state index is 0.0555. The van der Waals surface area contributed by atoms with E-state index in [0.717, 1.165) is 22.9 Å². The summed E-state index contributed by atoms with van der Waals surface area (Å²) < 4.78 is 17.0. The van der Waals surface area contributed by atoms with Crippen LogP contribution in [0.4, 0.5) is 0 Å². The number of benzene rings is 2. The number of rotatable bonds is 9. The molecule has 1 aromatic heterocycles. The van der Waals surface area contributed by atoms with Crippen LogP contribution in [0.15, 0.2) is 63.5 Å². The molecular weight excluding hydrogens is 432 g/mol. The van der Waals surface area contributed by atoms with Gasteiger partial charge in [-0.05, 0) is 43.7 Å². The average molecular weight is 463 g/mol. The van der Waals surface area contributed by atoms with Gasteiger partial charge in [0.25, 0.3) is 5.91 Å². The number of nitrogens with zero attached hydrogens (tertiary/aromatic N) is 2. The van der Waals surface area contributed by atoms with Crippen molar-refractivity contribution in [2.45, 2.75) is 20.3 Å². The van der Waals surface area contributed by atoms with E-state index in [0.29, 0.717) is 35.0 Å². The summed E-state index contributed by atoms with van der Waals surface area (Å²) in [7, 11) is 5.03. The predicted octanol–water partition coefficient (Wildman–Crippen LogP) is 4.72. The topological polar surface area (TPSA) is 81.3 Å². The van der Waals surface area contributed by atoms with Gasteiger partial charge in [-0.15, -0.1) is 0 Å². The maximum Gasteiger partial charge on any atom is 0.259 e. The number of fused-ring (bicyclic) bond motifs is 1. The molecule has 178 valence electrons. The smallest absolute Gasteiger partial charge is 0.259 e. The van der Waals surface area contributed by atoms with Crippen molar-refractivity contribution in [2.75, 3.05) is 34.4 Å². The molecule has 0 aliphatic heterocycles. The van der Waals surface area contributed by atoms with Crippen LogP contribution in [0.2, 0.25) is 0 Å². The molecule has 1 heterocycles. The van der Waals surface area contributed by atoms with E-state index in [9.17, 15) is 9.59 Å². The number of methoxy groups -OCH3 is 1. The van der Waals surface area contributed by atoms with Gasteiger partial charge >= 0.3 is 0 Å². The zero-order chi connectivity index (χ0) is 24.7. The molecule has 0 saturated carbocycles. The number of carbonyl (C=O) groups excluding carboxylic acids is 2. The summed E-state index contributed by atoms with van der Waals surface area (Å²) in [5, 5.41) is 0.938. The Morgan fingerprint density at radius 3 is 2.41 bits per heavy atom. The van der Waals surface area contributed by atoms with Crippen LogP contribution in [-0.4, -0.2) is 56.8 Å². The van der Waals surface area contributed by atoms with Crippen molar-refractivity contribution in [3.8, 4) is 5.75 Å². The Bertz CT molecular complexity index is 1220. The van der Waals surface area contributed by atoms with Gasteiger partial charge in [0.15, 0.2) is 12.4 Å². The van der Waals surface area contributed by atoms with Crippen molar-refractivity contribution in [3.63, 3.8) is 0 Å². The molecule has 0 N–H and O–H groups in total. The van der Waals surface area contributed by atoms with Crippen molar-refractivity contribution in [3.05, 3.63) is 71.0 Å². The normalized spacial score (nSPS) is 12.1. The number of ether oxygens (including phenoxy) is 2. The van der Waals surface area contributed by atoms with Crippen molar-refractivity contribution >= 4 is 34.6 Å². The van der Waals surface area contributed by atoms with E-state index >= 15 is 0 Å². The van der Waals surface area contributed by atoms with E-state index in [1.165, 1.54) is 11.8 Å². The first kappa shape index (κ1) is 24.9. The zero-order valence-electron chi connectivity index (χ0n) is 20.3. The monoisotopic (exact) mass is 462 g/mol. The molecule has 2 amide bonds. The molecule has 0 radical (unpaired) electrons. The fraction of sp³-hybridized carbons (Fsp3) is 0.296. The first-order valence-electron chi connectivity index (χ1n) is 11.0. The average Bonchev–Trinajstić information content (AvgIpc) is 3.17. The van der Waals surface area contributed by atoms with Crippen LogP contribution in [0.1, 0.15) is 37.2 Å². The summed E-state index contributed by atoms with van der Waals surface area (Å²) in [4.78, 5) is 29.6. The SMILES string of the molecule is COCCC(C)=Cc1c(C(=NC(C)=O)c2ccc(OCC(=O)N(C)C)cc2)oc2ccccc12. The highest BCUT2D eigenvalue weighted by Gasteiger charge is 2.20. The number of carbonyl (C=O) groups is 2. The predicted molar refractivity (Wildman–Crippen MR) is 133 cm³/mol. The molecule has 7 heteroatoms. The fourth-order valence-corrected chi connectivity index (χ4v) is 3.35. The summed E-state index contributed by atoms with van der Waals surface area (Å²) in [5.74, 6) is 0.592. The van der Waals surface area contributed by atoms with E-state index in [2.05, 4.69) is 11.1 Å². The van der Waals surface area contributed by atoms with Gasteiger partial charge in [0.05, 0.1) is 0 Å². The molecule has 34 heavy (non-hydrogen) atoms. The molecule has 0 atom stereocenters. The third-order valence-corrected chi connectivity index (χ3v) is 5.20. The fourth-order valence-electron chi connectivity index (χ4n) is 3.35. The highest BCUT2D eigenvalue weighted by molar-refractivity contribution is 6.18.